The summed E-state index contributed by atoms with van der Waals surface area (Å²) in [6, 6.07) is 0.601. The maximum atomic E-state index is 5.37. The quantitative estimate of drug-likeness (QED) is 0.718. The number of nitrogens with zero attached hydrogens (tertiary/aromatic N) is 1. The highest BCUT2D eigenvalue weighted by Crippen LogP contribution is 2.18. The Morgan fingerprint density at radius 1 is 1.25 bits per heavy atom. The van der Waals surface area contributed by atoms with Crippen molar-refractivity contribution in [1.82, 2.24) is 10.2 Å². The van der Waals surface area contributed by atoms with Gasteiger partial charge < -0.3 is 15.0 Å². The minimum absolute atomic E-state index is 0.601. The van der Waals surface area contributed by atoms with Gasteiger partial charge in [0.25, 0.3) is 0 Å². The molecule has 1 heterocycles. The molecule has 96 valence electrons. The van der Waals surface area contributed by atoms with Crippen LogP contribution in [-0.4, -0.2) is 50.8 Å². The maximum absolute atomic E-state index is 5.37. The van der Waals surface area contributed by atoms with Crippen molar-refractivity contribution in [2.24, 2.45) is 5.92 Å². The molecular weight excluding hydrogens is 200 g/mol. The van der Waals surface area contributed by atoms with Gasteiger partial charge in [-0.1, -0.05) is 13.8 Å². The number of ether oxygens (including phenoxy) is 1. The smallest absolute Gasteiger partial charge is 0.0468 e. The summed E-state index contributed by atoms with van der Waals surface area (Å²) in [5, 5.41) is 3.45. The second kappa shape index (κ2) is 8.04. The number of likely N-dealkylation sites (N-methyl/N-ethyl adjacent to an activating group) is 1. The van der Waals surface area contributed by atoms with Crippen LogP contribution in [0.5, 0.6) is 0 Å². The van der Waals surface area contributed by atoms with Crippen molar-refractivity contribution in [3.8, 4) is 0 Å². The van der Waals surface area contributed by atoms with Crippen molar-refractivity contribution >= 4 is 0 Å². The molecule has 0 aromatic heterocycles. The Hall–Kier alpha value is -0.120. The van der Waals surface area contributed by atoms with E-state index < -0.39 is 0 Å². The van der Waals surface area contributed by atoms with E-state index in [1.54, 1.807) is 0 Å². The largest absolute Gasteiger partial charge is 0.381 e. The van der Waals surface area contributed by atoms with Crippen molar-refractivity contribution < 1.29 is 4.74 Å². The third kappa shape index (κ3) is 6.46. The fraction of sp³-hybridized carbons (Fsp3) is 1.00. The standard InChI is InChI=1S/C13H28N2O/c1-12(2)14-7-9-15(3)8-4-13-5-10-16-11-6-13/h12-14H,4-11H2,1-3H3. The molecule has 1 aliphatic rings. The van der Waals surface area contributed by atoms with Crippen LogP contribution in [0.3, 0.4) is 0 Å². The molecule has 0 unspecified atom stereocenters. The van der Waals surface area contributed by atoms with Gasteiger partial charge in [0.1, 0.15) is 0 Å². The van der Waals surface area contributed by atoms with Gasteiger partial charge in [0.15, 0.2) is 0 Å². The zero-order chi connectivity index (χ0) is 11.8. The lowest BCUT2D eigenvalue weighted by Crippen LogP contribution is -2.34. The molecule has 1 N–H and O–H groups in total. The second-order valence-electron chi connectivity index (χ2n) is 5.26. The van der Waals surface area contributed by atoms with Crippen LogP contribution >= 0.6 is 0 Å². The highest BCUT2D eigenvalue weighted by Gasteiger charge is 2.13. The first-order chi connectivity index (χ1) is 7.68. The Kier molecular flexibility index (Phi) is 7.01. The van der Waals surface area contributed by atoms with Gasteiger partial charge in [-0.3, -0.25) is 0 Å². The van der Waals surface area contributed by atoms with Gasteiger partial charge in [0, 0.05) is 32.3 Å². The Balaban J connectivity index is 1.98. The Morgan fingerprint density at radius 3 is 2.56 bits per heavy atom. The molecule has 0 aromatic rings. The zero-order valence-electron chi connectivity index (χ0n) is 11.2. The van der Waals surface area contributed by atoms with Crippen LogP contribution in [-0.2, 0) is 4.74 Å². The van der Waals surface area contributed by atoms with E-state index in [0.717, 1.165) is 32.2 Å². The minimum atomic E-state index is 0.601. The molecule has 0 aromatic carbocycles. The first-order valence-corrected chi connectivity index (χ1v) is 6.68. The van der Waals surface area contributed by atoms with Crippen LogP contribution < -0.4 is 5.32 Å². The van der Waals surface area contributed by atoms with Crippen LogP contribution in [0.2, 0.25) is 0 Å². The predicted octanol–water partition coefficient (Wildman–Crippen LogP) is 1.73. The van der Waals surface area contributed by atoms with Crippen molar-refractivity contribution in [3.63, 3.8) is 0 Å². The molecule has 1 fully saturated rings. The summed E-state index contributed by atoms with van der Waals surface area (Å²) < 4.78 is 5.37. The molecule has 3 nitrogen and oxygen atoms in total. The Morgan fingerprint density at radius 2 is 1.94 bits per heavy atom. The van der Waals surface area contributed by atoms with E-state index in [1.807, 2.05) is 0 Å². The SMILES string of the molecule is CC(C)NCCN(C)CCC1CCOCC1. The lowest BCUT2D eigenvalue weighted by molar-refractivity contribution is 0.0610. The van der Waals surface area contributed by atoms with Crippen molar-refractivity contribution in [2.45, 2.75) is 39.2 Å². The van der Waals surface area contributed by atoms with Gasteiger partial charge in [-0.15, -0.1) is 0 Å². The van der Waals surface area contributed by atoms with Crippen LogP contribution in [0.15, 0.2) is 0 Å². The van der Waals surface area contributed by atoms with Crippen LogP contribution in [0.1, 0.15) is 33.1 Å². The van der Waals surface area contributed by atoms with E-state index in [0.29, 0.717) is 6.04 Å². The number of hydrogen-bond acceptors (Lipinski definition) is 3. The van der Waals surface area contributed by atoms with Gasteiger partial charge in [0.05, 0.1) is 0 Å². The van der Waals surface area contributed by atoms with E-state index >= 15 is 0 Å². The van der Waals surface area contributed by atoms with Crippen molar-refractivity contribution in [2.75, 3.05) is 39.9 Å². The zero-order valence-corrected chi connectivity index (χ0v) is 11.2. The van der Waals surface area contributed by atoms with Crippen molar-refractivity contribution in [1.29, 1.82) is 0 Å². The van der Waals surface area contributed by atoms with E-state index in [9.17, 15) is 0 Å². The average molecular weight is 228 g/mol. The molecule has 16 heavy (non-hydrogen) atoms. The van der Waals surface area contributed by atoms with E-state index in [1.165, 1.54) is 25.8 Å². The van der Waals surface area contributed by atoms with Gasteiger partial charge in [-0.25, -0.2) is 0 Å². The fourth-order valence-corrected chi connectivity index (χ4v) is 2.09. The van der Waals surface area contributed by atoms with Crippen LogP contribution in [0, 0.1) is 5.92 Å². The Labute approximate surface area is 101 Å². The third-order valence-electron chi connectivity index (χ3n) is 3.31. The molecule has 0 saturated carbocycles. The van der Waals surface area contributed by atoms with E-state index in [-0.39, 0.29) is 0 Å². The molecule has 0 bridgehead atoms. The number of hydrogen-bond donors (Lipinski definition) is 1. The number of rotatable bonds is 7. The first-order valence-electron chi connectivity index (χ1n) is 6.68. The number of nitrogens with one attached hydrogen (secondary N) is 1. The molecule has 0 atom stereocenters. The lowest BCUT2D eigenvalue weighted by Gasteiger charge is -2.25. The summed E-state index contributed by atoms with van der Waals surface area (Å²) in [6.45, 7) is 9.82. The average Bonchev–Trinajstić information content (AvgIpc) is 2.27. The molecular formula is C13H28N2O. The fourth-order valence-electron chi connectivity index (χ4n) is 2.09. The molecule has 0 amide bonds. The lowest BCUT2D eigenvalue weighted by atomic mass is 9.96. The summed E-state index contributed by atoms with van der Waals surface area (Å²) in [5.41, 5.74) is 0. The Bertz CT molecular complexity index is 167. The molecule has 0 spiro atoms. The van der Waals surface area contributed by atoms with Crippen molar-refractivity contribution in [3.05, 3.63) is 0 Å². The summed E-state index contributed by atoms with van der Waals surface area (Å²) in [6.07, 6.45) is 3.86. The molecule has 1 rings (SSSR count). The molecule has 1 saturated heterocycles. The highest BCUT2D eigenvalue weighted by molar-refractivity contribution is 4.66. The summed E-state index contributed by atoms with van der Waals surface area (Å²) >= 11 is 0. The highest BCUT2D eigenvalue weighted by atomic mass is 16.5. The second-order valence-corrected chi connectivity index (χ2v) is 5.26. The van der Waals surface area contributed by atoms with E-state index in [2.05, 4.69) is 31.1 Å². The predicted molar refractivity (Wildman–Crippen MR) is 68.8 cm³/mol. The topological polar surface area (TPSA) is 24.5 Å². The van der Waals surface area contributed by atoms with Crippen LogP contribution in [0.25, 0.3) is 0 Å². The summed E-state index contributed by atoms with van der Waals surface area (Å²) in [4.78, 5) is 2.44. The monoisotopic (exact) mass is 228 g/mol. The minimum Gasteiger partial charge on any atom is -0.381 e. The molecule has 3 heteroatoms. The van der Waals surface area contributed by atoms with Gasteiger partial charge in [-0.2, -0.15) is 0 Å². The van der Waals surface area contributed by atoms with Crippen LogP contribution in [0.4, 0.5) is 0 Å². The molecule has 0 aliphatic carbocycles. The molecule has 0 radical (unpaired) electrons. The van der Waals surface area contributed by atoms with Gasteiger partial charge in [0.2, 0.25) is 0 Å². The normalized spacial score (nSPS) is 18.6. The first kappa shape index (κ1) is 13.9. The molecule has 1 aliphatic heterocycles. The maximum Gasteiger partial charge on any atom is 0.0468 e. The third-order valence-corrected chi connectivity index (χ3v) is 3.31. The summed E-state index contributed by atoms with van der Waals surface area (Å²) in [5.74, 6) is 0.897. The van der Waals surface area contributed by atoms with Gasteiger partial charge in [-0.05, 0) is 38.8 Å². The van der Waals surface area contributed by atoms with Gasteiger partial charge >= 0.3 is 0 Å². The summed E-state index contributed by atoms with van der Waals surface area (Å²) in [7, 11) is 2.22. The van der Waals surface area contributed by atoms with E-state index in [4.69, 9.17) is 4.74 Å².